The first-order valence-electron chi connectivity index (χ1n) is 8.23. The predicted octanol–water partition coefficient (Wildman–Crippen LogP) is 4.44. The summed E-state index contributed by atoms with van der Waals surface area (Å²) in [5.41, 5.74) is 0.622. The fourth-order valence-corrected chi connectivity index (χ4v) is 3.27. The van der Waals surface area contributed by atoms with Gasteiger partial charge >= 0.3 is 0 Å². The molecule has 3 heteroatoms. The van der Waals surface area contributed by atoms with Gasteiger partial charge in [0.25, 0.3) is 0 Å². The van der Waals surface area contributed by atoms with E-state index in [0.29, 0.717) is 18.0 Å². The van der Waals surface area contributed by atoms with E-state index in [4.69, 9.17) is 0 Å². The van der Waals surface area contributed by atoms with Crippen molar-refractivity contribution in [3.8, 4) is 0 Å². The van der Waals surface area contributed by atoms with Crippen molar-refractivity contribution in [1.82, 2.24) is 4.90 Å². The molecule has 1 saturated carbocycles. The van der Waals surface area contributed by atoms with E-state index in [1.165, 1.54) is 44.2 Å². The molecule has 0 N–H and O–H groups in total. The summed E-state index contributed by atoms with van der Waals surface area (Å²) in [5, 5.41) is 0. The van der Waals surface area contributed by atoms with Crippen molar-refractivity contribution in [2.45, 2.75) is 57.9 Å². The fraction of sp³-hybridized carbons (Fsp3) is 0.611. The zero-order chi connectivity index (χ0) is 15.1. The van der Waals surface area contributed by atoms with Crippen molar-refractivity contribution in [2.75, 3.05) is 13.1 Å². The lowest BCUT2D eigenvalue weighted by molar-refractivity contribution is 0.0966. The normalized spacial score (nSPS) is 16.3. The summed E-state index contributed by atoms with van der Waals surface area (Å²) in [6, 6.07) is 6.58. The lowest BCUT2D eigenvalue weighted by Crippen LogP contribution is -2.37. The van der Waals surface area contributed by atoms with Gasteiger partial charge in [-0.15, -0.1) is 0 Å². The van der Waals surface area contributed by atoms with Gasteiger partial charge in [0.2, 0.25) is 0 Å². The van der Waals surface area contributed by atoms with Gasteiger partial charge in [-0.1, -0.05) is 26.2 Å². The van der Waals surface area contributed by atoms with Gasteiger partial charge in [0.1, 0.15) is 5.82 Å². The van der Waals surface area contributed by atoms with Crippen LogP contribution >= 0.6 is 0 Å². The number of hydrogen-bond acceptors (Lipinski definition) is 2. The molecular weight excluding hydrogens is 265 g/mol. The van der Waals surface area contributed by atoms with Crippen LogP contribution in [0.25, 0.3) is 0 Å². The maximum absolute atomic E-state index is 12.8. The summed E-state index contributed by atoms with van der Waals surface area (Å²) in [7, 11) is 0. The molecule has 0 unspecified atom stereocenters. The molecule has 0 radical (unpaired) electrons. The maximum atomic E-state index is 12.8. The van der Waals surface area contributed by atoms with Crippen molar-refractivity contribution in [3.63, 3.8) is 0 Å². The van der Waals surface area contributed by atoms with Crippen molar-refractivity contribution in [3.05, 3.63) is 35.6 Å². The van der Waals surface area contributed by atoms with Crippen LogP contribution in [0.3, 0.4) is 0 Å². The van der Waals surface area contributed by atoms with Gasteiger partial charge in [-0.2, -0.15) is 0 Å². The summed E-state index contributed by atoms with van der Waals surface area (Å²) in [6.45, 7) is 4.26. The SMILES string of the molecule is CCN(CCCC(=O)c1ccc(F)cc1)C1CCCCC1. The highest BCUT2D eigenvalue weighted by atomic mass is 19.1. The van der Waals surface area contributed by atoms with E-state index in [-0.39, 0.29) is 11.6 Å². The molecular formula is C18H26FNO. The van der Waals surface area contributed by atoms with Gasteiger partial charge in [-0.05, 0) is 56.6 Å². The van der Waals surface area contributed by atoms with Gasteiger partial charge < -0.3 is 4.90 Å². The largest absolute Gasteiger partial charge is 0.301 e. The topological polar surface area (TPSA) is 20.3 Å². The standard InChI is InChI=1S/C18H26FNO/c1-2-20(17-7-4-3-5-8-17)14-6-9-18(21)15-10-12-16(19)13-11-15/h10-13,17H,2-9,14H2,1H3. The second-order valence-electron chi connectivity index (χ2n) is 5.95. The molecule has 0 amide bonds. The van der Waals surface area contributed by atoms with E-state index < -0.39 is 0 Å². The summed E-state index contributed by atoms with van der Waals surface area (Å²) < 4.78 is 12.8. The van der Waals surface area contributed by atoms with Gasteiger partial charge in [0.05, 0.1) is 0 Å². The first-order chi connectivity index (χ1) is 10.2. The number of carbonyl (C=O) groups is 1. The van der Waals surface area contributed by atoms with Crippen molar-refractivity contribution >= 4 is 5.78 Å². The highest BCUT2D eigenvalue weighted by molar-refractivity contribution is 5.95. The molecule has 0 aliphatic heterocycles. The van der Waals surface area contributed by atoms with Gasteiger partial charge in [0.15, 0.2) is 5.78 Å². The first kappa shape index (κ1) is 16.2. The van der Waals surface area contributed by atoms with Crippen LogP contribution < -0.4 is 0 Å². The highest BCUT2D eigenvalue weighted by Gasteiger charge is 2.19. The Kier molecular flexibility index (Phi) is 6.37. The van der Waals surface area contributed by atoms with Crippen LogP contribution in [0, 0.1) is 5.82 Å². The van der Waals surface area contributed by atoms with Gasteiger partial charge in [-0.3, -0.25) is 4.79 Å². The number of benzene rings is 1. The number of Topliss-reactive ketones (excluding diaryl/α,β-unsaturated/α-hetero) is 1. The molecule has 2 rings (SSSR count). The molecule has 1 aliphatic rings. The molecule has 21 heavy (non-hydrogen) atoms. The number of halogens is 1. The van der Waals surface area contributed by atoms with Crippen LogP contribution in [0.5, 0.6) is 0 Å². The summed E-state index contributed by atoms with van der Waals surface area (Å²) >= 11 is 0. The van der Waals surface area contributed by atoms with Crippen molar-refractivity contribution < 1.29 is 9.18 Å². The molecule has 0 bridgehead atoms. The van der Waals surface area contributed by atoms with Gasteiger partial charge in [0, 0.05) is 18.0 Å². The van der Waals surface area contributed by atoms with Crippen LogP contribution in [0.1, 0.15) is 62.2 Å². The van der Waals surface area contributed by atoms with Crippen LogP contribution in [-0.4, -0.2) is 29.8 Å². The van der Waals surface area contributed by atoms with E-state index in [2.05, 4.69) is 11.8 Å². The summed E-state index contributed by atoms with van der Waals surface area (Å²) in [5.74, 6) is -0.171. The lowest BCUT2D eigenvalue weighted by atomic mass is 9.94. The molecule has 2 nitrogen and oxygen atoms in total. The van der Waals surface area contributed by atoms with Crippen LogP contribution in [0.4, 0.5) is 4.39 Å². The van der Waals surface area contributed by atoms with Crippen molar-refractivity contribution in [2.24, 2.45) is 0 Å². The number of nitrogens with zero attached hydrogens (tertiary/aromatic N) is 1. The lowest BCUT2D eigenvalue weighted by Gasteiger charge is -2.33. The Morgan fingerprint density at radius 1 is 1.19 bits per heavy atom. The molecule has 1 fully saturated rings. The Hall–Kier alpha value is -1.22. The second kappa shape index (κ2) is 8.28. The second-order valence-corrected chi connectivity index (χ2v) is 5.95. The average Bonchev–Trinajstić information content (AvgIpc) is 2.53. The van der Waals surface area contributed by atoms with Gasteiger partial charge in [-0.25, -0.2) is 4.39 Å². The first-order valence-corrected chi connectivity index (χ1v) is 8.23. The Balaban J connectivity index is 1.76. The number of hydrogen-bond donors (Lipinski definition) is 0. The molecule has 0 spiro atoms. The molecule has 1 aromatic rings. The van der Waals surface area contributed by atoms with E-state index in [0.717, 1.165) is 19.5 Å². The fourth-order valence-electron chi connectivity index (χ4n) is 3.27. The third-order valence-corrected chi connectivity index (χ3v) is 4.51. The zero-order valence-corrected chi connectivity index (χ0v) is 13.0. The van der Waals surface area contributed by atoms with E-state index in [9.17, 15) is 9.18 Å². The monoisotopic (exact) mass is 291 g/mol. The summed E-state index contributed by atoms with van der Waals surface area (Å²) in [4.78, 5) is 14.6. The van der Waals surface area contributed by atoms with Crippen LogP contribution in [0.2, 0.25) is 0 Å². The minimum absolute atomic E-state index is 0.120. The predicted molar refractivity (Wildman–Crippen MR) is 84.1 cm³/mol. The Bertz CT molecular complexity index is 437. The Labute approximate surface area is 127 Å². The summed E-state index contributed by atoms with van der Waals surface area (Å²) in [6.07, 6.45) is 8.11. The third kappa shape index (κ3) is 4.92. The molecule has 0 aromatic heterocycles. The third-order valence-electron chi connectivity index (χ3n) is 4.51. The Morgan fingerprint density at radius 3 is 2.48 bits per heavy atom. The molecule has 0 atom stereocenters. The molecule has 1 aliphatic carbocycles. The number of rotatable bonds is 7. The highest BCUT2D eigenvalue weighted by Crippen LogP contribution is 2.22. The molecule has 0 heterocycles. The smallest absolute Gasteiger partial charge is 0.162 e. The quantitative estimate of drug-likeness (QED) is 0.692. The zero-order valence-electron chi connectivity index (χ0n) is 13.0. The number of ketones is 1. The van der Waals surface area contributed by atoms with Crippen LogP contribution in [0.15, 0.2) is 24.3 Å². The van der Waals surface area contributed by atoms with E-state index in [1.807, 2.05) is 0 Å². The minimum atomic E-state index is -0.291. The van der Waals surface area contributed by atoms with Crippen LogP contribution in [-0.2, 0) is 0 Å². The average molecular weight is 291 g/mol. The number of carbonyl (C=O) groups excluding carboxylic acids is 1. The minimum Gasteiger partial charge on any atom is -0.301 e. The molecule has 0 saturated heterocycles. The molecule has 1 aromatic carbocycles. The van der Waals surface area contributed by atoms with Crippen molar-refractivity contribution in [1.29, 1.82) is 0 Å². The Morgan fingerprint density at radius 2 is 1.86 bits per heavy atom. The van der Waals surface area contributed by atoms with E-state index in [1.54, 1.807) is 12.1 Å². The van der Waals surface area contributed by atoms with E-state index >= 15 is 0 Å². The maximum Gasteiger partial charge on any atom is 0.162 e. The molecule has 116 valence electrons.